The quantitative estimate of drug-likeness (QED) is 0.154. The molecule has 4 atom stereocenters. The van der Waals surface area contributed by atoms with Crippen LogP contribution in [0.15, 0.2) is 34.3 Å². The van der Waals surface area contributed by atoms with Gasteiger partial charge in [-0.1, -0.05) is 26.0 Å². The standard InChI is InChI=1S/C34H47N5O10S/c1-21(28-18-30(37-49-28)48-15-14-47-13-12-46-11-10-38(4)34(43)44)22(2)33(42)39-19-26(40)17-27(39)32(41)35-9-8-24-6-7-25(16-29(24)45-5)31-23(3)36-20-50-31/h6-7,16,18,20-22,26-27,40H,8-15,17,19H2,1-5H3,(H,35,41)(H,43,44)/t21-,22+,26+,27-/m0/s1. The minimum absolute atomic E-state index is 0.0649. The van der Waals surface area contributed by atoms with Crippen molar-refractivity contribution in [3.8, 4) is 22.1 Å². The fourth-order valence-corrected chi connectivity index (χ4v) is 6.32. The Morgan fingerprint density at radius 3 is 2.58 bits per heavy atom. The zero-order valence-electron chi connectivity index (χ0n) is 29.1. The number of amides is 3. The van der Waals surface area contributed by atoms with Crippen LogP contribution in [0.1, 0.15) is 43.2 Å². The summed E-state index contributed by atoms with van der Waals surface area (Å²) >= 11 is 1.57. The summed E-state index contributed by atoms with van der Waals surface area (Å²) < 4.78 is 27.5. The number of hydrogen-bond acceptors (Lipinski definition) is 12. The molecule has 16 heteroatoms. The number of carbonyl (C=O) groups is 3. The van der Waals surface area contributed by atoms with Gasteiger partial charge in [-0.2, -0.15) is 0 Å². The van der Waals surface area contributed by atoms with E-state index in [9.17, 15) is 19.5 Å². The van der Waals surface area contributed by atoms with E-state index < -0.39 is 24.2 Å². The van der Waals surface area contributed by atoms with Gasteiger partial charge in [0.25, 0.3) is 5.88 Å². The number of likely N-dealkylation sites (N-methyl/N-ethyl adjacent to an activating group) is 1. The average Bonchev–Trinajstić information content (AvgIpc) is 3.86. The van der Waals surface area contributed by atoms with Crippen LogP contribution in [-0.2, 0) is 25.5 Å². The van der Waals surface area contributed by atoms with Gasteiger partial charge in [0.1, 0.15) is 24.2 Å². The van der Waals surface area contributed by atoms with Crippen LogP contribution in [-0.4, -0.2) is 127 Å². The number of hydrogen-bond donors (Lipinski definition) is 3. The molecule has 50 heavy (non-hydrogen) atoms. The zero-order valence-corrected chi connectivity index (χ0v) is 29.9. The zero-order chi connectivity index (χ0) is 36.2. The molecule has 2 aromatic heterocycles. The molecule has 0 aliphatic carbocycles. The number of likely N-dealkylation sites (tertiary alicyclic amines) is 1. The number of carbonyl (C=O) groups excluding carboxylic acids is 2. The molecule has 1 fully saturated rings. The van der Waals surface area contributed by atoms with Crippen molar-refractivity contribution in [2.45, 2.75) is 51.7 Å². The smallest absolute Gasteiger partial charge is 0.407 e. The lowest BCUT2D eigenvalue weighted by molar-refractivity contribution is -0.141. The van der Waals surface area contributed by atoms with Gasteiger partial charge in [-0.05, 0) is 35.7 Å². The summed E-state index contributed by atoms with van der Waals surface area (Å²) in [7, 11) is 3.08. The maximum atomic E-state index is 13.6. The molecule has 0 spiro atoms. The van der Waals surface area contributed by atoms with Gasteiger partial charge < -0.3 is 48.8 Å². The van der Waals surface area contributed by atoms with E-state index in [1.54, 1.807) is 31.4 Å². The predicted octanol–water partition coefficient (Wildman–Crippen LogP) is 3.20. The van der Waals surface area contributed by atoms with Crippen LogP contribution in [0.25, 0.3) is 10.4 Å². The Morgan fingerprint density at radius 1 is 1.14 bits per heavy atom. The highest BCUT2D eigenvalue weighted by molar-refractivity contribution is 7.13. The van der Waals surface area contributed by atoms with E-state index in [0.717, 1.165) is 32.3 Å². The van der Waals surface area contributed by atoms with Gasteiger partial charge in [0, 0.05) is 51.0 Å². The summed E-state index contributed by atoms with van der Waals surface area (Å²) in [5.74, 6) is -0.118. The summed E-state index contributed by atoms with van der Waals surface area (Å²) in [4.78, 5) is 45.6. The third-order valence-electron chi connectivity index (χ3n) is 8.70. The maximum Gasteiger partial charge on any atom is 0.407 e. The average molecular weight is 718 g/mol. The van der Waals surface area contributed by atoms with E-state index in [1.807, 2.05) is 37.6 Å². The summed E-state index contributed by atoms with van der Waals surface area (Å²) in [6, 6.07) is 6.80. The van der Waals surface area contributed by atoms with Gasteiger partial charge in [-0.15, -0.1) is 11.3 Å². The monoisotopic (exact) mass is 717 g/mol. The molecule has 0 unspecified atom stereocenters. The molecule has 1 aliphatic rings. The Kier molecular flexibility index (Phi) is 14.4. The van der Waals surface area contributed by atoms with Gasteiger partial charge in [0.15, 0.2) is 0 Å². The highest BCUT2D eigenvalue weighted by atomic mass is 32.1. The number of aliphatic hydroxyl groups excluding tert-OH is 1. The number of nitrogens with zero attached hydrogens (tertiary/aromatic N) is 4. The summed E-state index contributed by atoms with van der Waals surface area (Å²) in [6.07, 6.45) is -1.14. The largest absolute Gasteiger partial charge is 0.496 e. The van der Waals surface area contributed by atoms with Crippen LogP contribution < -0.4 is 14.8 Å². The minimum Gasteiger partial charge on any atom is -0.496 e. The predicted molar refractivity (Wildman–Crippen MR) is 184 cm³/mol. The fourth-order valence-electron chi connectivity index (χ4n) is 5.52. The maximum absolute atomic E-state index is 13.6. The number of methoxy groups -OCH3 is 1. The number of ether oxygens (including phenoxy) is 4. The Labute approximate surface area is 295 Å². The number of benzene rings is 1. The first-order valence-electron chi connectivity index (χ1n) is 16.5. The van der Waals surface area contributed by atoms with E-state index in [2.05, 4.69) is 15.5 Å². The van der Waals surface area contributed by atoms with E-state index in [1.165, 1.54) is 11.9 Å². The summed E-state index contributed by atoms with van der Waals surface area (Å²) in [5, 5.41) is 26.1. The van der Waals surface area contributed by atoms with Crippen LogP contribution in [0.4, 0.5) is 4.79 Å². The number of rotatable bonds is 19. The molecule has 274 valence electrons. The molecule has 0 saturated carbocycles. The van der Waals surface area contributed by atoms with Crippen LogP contribution in [0.5, 0.6) is 11.6 Å². The van der Waals surface area contributed by atoms with Crippen LogP contribution in [0, 0.1) is 12.8 Å². The molecule has 1 saturated heterocycles. The number of aromatic nitrogens is 2. The third kappa shape index (κ3) is 10.4. The first kappa shape index (κ1) is 38.6. The molecule has 3 heterocycles. The Morgan fingerprint density at radius 2 is 1.88 bits per heavy atom. The molecule has 3 amide bonds. The Hall–Kier alpha value is -4.25. The van der Waals surface area contributed by atoms with E-state index in [0.29, 0.717) is 31.9 Å². The molecule has 3 N–H and O–H groups in total. The van der Waals surface area contributed by atoms with Crippen LogP contribution in [0.2, 0.25) is 0 Å². The molecule has 4 rings (SSSR count). The van der Waals surface area contributed by atoms with Gasteiger partial charge in [0.2, 0.25) is 11.8 Å². The fraction of sp³-hybridized carbons (Fsp3) is 0.559. The lowest BCUT2D eigenvalue weighted by Crippen LogP contribution is -2.48. The highest BCUT2D eigenvalue weighted by Gasteiger charge is 2.41. The SMILES string of the molecule is COc1cc(-c2scnc2C)ccc1CCNC(=O)[C@@H]1C[C@@H](O)CN1C(=O)[C@H](C)[C@H](C)c1cc(OCCOCCOCCN(C)C(=O)O)no1. The van der Waals surface area contributed by atoms with Crippen LogP contribution in [0.3, 0.4) is 0 Å². The van der Waals surface area contributed by atoms with Crippen molar-refractivity contribution in [1.82, 2.24) is 25.3 Å². The van der Waals surface area contributed by atoms with Gasteiger partial charge in [-0.25, -0.2) is 9.78 Å². The van der Waals surface area contributed by atoms with Crippen molar-refractivity contribution >= 4 is 29.2 Å². The molecule has 15 nitrogen and oxygen atoms in total. The normalized spacial score (nSPS) is 17.0. The van der Waals surface area contributed by atoms with Crippen molar-refractivity contribution in [3.63, 3.8) is 0 Å². The van der Waals surface area contributed by atoms with Crippen molar-refractivity contribution in [3.05, 3.63) is 46.8 Å². The topological polar surface area (TPSA) is 186 Å². The number of aryl methyl sites for hydroxylation is 1. The van der Waals surface area contributed by atoms with E-state index in [4.69, 9.17) is 28.6 Å². The molecule has 0 radical (unpaired) electrons. The Bertz CT molecular complexity index is 1560. The second-order valence-electron chi connectivity index (χ2n) is 12.2. The van der Waals surface area contributed by atoms with Crippen molar-refractivity contribution in [1.29, 1.82) is 0 Å². The van der Waals surface area contributed by atoms with Crippen molar-refractivity contribution in [2.24, 2.45) is 5.92 Å². The third-order valence-corrected chi connectivity index (χ3v) is 9.67. The number of nitrogens with one attached hydrogen (secondary N) is 1. The second-order valence-corrected chi connectivity index (χ2v) is 13.0. The van der Waals surface area contributed by atoms with E-state index >= 15 is 0 Å². The number of thiazole rings is 1. The van der Waals surface area contributed by atoms with Crippen molar-refractivity contribution in [2.75, 3.05) is 66.8 Å². The summed E-state index contributed by atoms with van der Waals surface area (Å²) in [5.41, 5.74) is 4.73. The lowest BCUT2D eigenvalue weighted by atomic mass is 9.92. The highest BCUT2D eigenvalue weighted by Crippen LogP contribution is 2.33. The van der Waals surface area contributed by atoms with E-state index in [-0.39, 0.29) is 62.9 Å². The first-order valence-corrected chi connectivity index (χ1v) is 17.4. The second kappa shape index (κ2) is 18.7. The first-order chi connectivity index (χ1) is 24.0. The van der Waals surface area contributed by atoms with Gasteiger partial charge in [0.05, 0.1) is 55.7 Å². The lowest BCUT2D eigenvalue weighted by Gasteiger charge is -2.28. The van der Waals surface area contributed by atoms with Gasteiger partial charge >= 0.3 is 6.09 Å². The molecule has 3 aromatic rings. The molecule has 0 bridgehead atoms. The molecular formula is C34H47N5O10S. The van der Waals surface area contributed by atoms with Crippen LogP contribution >= 0.6 is 11.3 Å². The number of β-amino-alcohol motifs (C(OH)–C–C–N with tert-alkyl or cyclic N) is 1. The summed E-state index contributed by atoms with van der Waals surface area (Å²) in [6.45, 7) is 7.63. The number of aliphatic hydroxyl groups is 1. The van der Waals surface area contributed by atoms with Gasteiger partial charge in [-0.3, -0.25) is 9.59 Å². The minimum atomic E-state index is -1.01. The van der Waals surface area contributed by atoms with Crippen molar-refractivity contribution < 1.29 is 48.1 Å². The Balaban J connectivity index is 1.21. The number of carboxylic acid groups (broad SMARTS) is 1. The molecular weight excluding hydrogens is 670 g/mol. The molecule has 1 aromatic carbocycles. The molecule has 1 aliphatic heterocycles.